The maximum Gasteiger partial charge on any atom is 0.333 e. The Morgan fingerprint density at radius 1 is 1.21 bits per heavy atom. The van der Waals surface area contributed by atoms with E-state index in [-0.39, 0.29) is 11.4 Å². The van der Waals surface area contributed by atoms with Gasteiger partial charge < -0.3 is 9.88 Å². The lowest BCUT2D eigenvalue weighted by Gasteiger charge is -2.09. The van der Waals surface area contributed by atoms with E-state index >= 15 is 0 Å². The summed E-state index contributed by atoms with van der Waals surface area (Å²) in [6.45, 7) is 0.404. The van der Waals surface area contributed by atoms with Crippen molar-refractivity contribution in [3.63, 3.8) is 0 Å². The van der Waals surface area contributed by atoms with Crippen LogP contribution in [-0.4, -0.2) is 28.0 Å². The van der Waals surface area contributed by atoms with Crippen molar-refractivity contribution < 1.29 is 14.5 Å². The minimum absolute atomic E-state index is 0.0614. The van der Waals surface area contributed by atoms with Crippen LogP contribution in [0.3, 0.4) is 0 Å². The molecular weight excluding hydrogens is 314 g/mol. The predicted molar refractivity (Wildman–Crippen MR) is 86.2 cm³/mol. The van der Waals surface area contributed by atoms with Gasteiger partial charge in [-0.25, -0.2) is 10.2 Å². The summed E-state index contributed by atoms with van der Waals surface area (Å²) in [6.07, 6.45) is 1.88. The van der Waals surface area contributed by atoms with E-state index < -0.39 is 16.9 Å². The zero-order valence-electron chi connectivity index (χ0n) is 13.0. The first-order chi connectivity index (χ1) is 11.5. The topological polar surface area (TPSA) is 118 Å². The van der Waals surface area contributed by atoms with E-state index in [0.29, 0.717) is 13.0 Å². The highest BCUT2D eigenvalue weighted by molar-refractivity contribution is 5.94. The molecule has 126 valence electrons. The van der Waals surface area contributed by atoms with Gasteiger partial charge in [0.2, 0.25) is 0 Å². The van der Waals surface area contributed by atoms with E-state index in [9.17, 15) is 19.7 Å². The Bertz CT molecular complexity index is 742. The third-order valence-electron chi connectivity index (χ3n) is 3.27. The third kappa shape index (κ3) is 4.57. The molecule has 1 heterocycles. The number of hydrogen-bond donors (Lipinski definition) is 3. The first kappa shape index (κ1) is 17.0. The average molecular weight is 331 g/mol. The fraction of sp³-hybridized carbons (Fsp3) is 0.200. The number of carbonyl (C=O) groups is 2. The van der Waals surface area contributed by atoms with Gasteiger partial charge in [-0.05, 0) is 12.0 Å². The SMILES string of the molecule is Cn1cc([N+](=O)[O-])cc1C(=O)NNC(=O)NCCc1ccccc1. The van der Waals surface area contributed by atoms with Crippen LogP contribution in [0.5, 0.6) is 0 Å². The molecular formula is C15H17N5O4. The van der Waals surface area contributed by atoms with E-state index in [2.05, 4.69) is 16.2 Å². The molecule has 2 aromatic rings. The van der Waals surface area contributed by atoms with E-state index in [1.165, 1.54) is 17.8 Å². The van der Waals surface area contributed by atoms with Gasteiger partial charge in [0.05, 0.1) is 11.1 Å². The highest BCUT2D eigenvalue weighted by atomic mass is 16.6. The highest BCUT2D eigenvalue weighted by Crippen LogP contribution is 2.14. The van der Waals surface area contributed by atoms with Crippen molar-refractivity contribution in [1.29, 1.82) is 0 Å². The first-order valence-electron chi connectivity index (χ1n) is 7.16. The Labute approximate surface area is 137 Å². The van der Waals surface area contributed by atoms with Gasteiger partial charge in [-0.15, -0.1) is 0 Å². The lowest BCUT2D eigenvalue weighted by molar-refractivity contribution is -0.384. The van der Waals surface area contributed by atoms with E-state index in [0.717, 1.165) is 11.6 Å². The van der Waals surface area contributed by atoms with Crippen LogP contribution in [-0.2, 0) is 13.5 Å². The van der Waals surface area contributed by atoms with Crippen LogP contribution in [0.2, 0.25) is 0 Å². The molecule has 0 aliphatic carbocycles. The number of hydrogen-bond acceptors (Lipinski definition) is 4. The Hall–Kier alpha value is -3.36. The number of urea groups is 1. The van der Waals surface area contributed by atoms with Gasteiger partial charge in [0.15, 0.2) is 0 Å². The molecule has 0 unspecified atom stereocenters. The van der Waals surface area contributed by atoms with Crippen molar-refractivity contribution in [2.45, 2.75) is 6.42 Å². The molecule has 2 rings (SSSR count). The highest BCUT2D eigenvalue weighted by Gasteiger charge is 2.17. The Morgan fingerprint density at radius 3 is 2.54 bits per heavy atom. The number of aryl methyl sites for hydroxylation is 1. The molecule has 9 nitrogen and oxygen atoms in total. The molecule has 0 aliphatic heterocycles. The maximum atomic E-state index is 11.9. The molecule has 3 amide bonds. The molecule has 3 N–H and O–H groups in total. The number of carbonyl (C=O) groups excluding carboxylic acids is 2. The fourth-order valence-corrected chi connectivity index (χ4v) is 2.06. The van der Waals surface area contributed by atoms with Crippen LogP contribution < -0.4 is 16.2 Å². The van der Waals surface area contributed by atoms with Crippen LogP contribution in [0.25, 0.3) is 0 Å². The zero-order chi connectivity index (χ0) is 17.5. The van der Waals surface area contributed by atoms with Crippen LogP contribution >= 0.6 is 0 Å². The number of nitrogens with one attached hydrogen (secondary N) is 3. The lowest BCUT2D eigenvalue weighted by atomic mass is 10.1. The second kappa shape index (κ2) is 7.77. The Kier molecular flexibility index (Phi) is 5.50. The largest absolute Gasteiger partial charge is 0.340 e. The molecule has 9 heteroatoms. The molecule has 0 aliphatic rings. The normalized spacial score (nSPS) is 10.0. The summed E-state index contributed by atoms with van der Waals surface area (Å²) < 4.78 is 1.31. The minimum Gasteiger partial charge on any atom is -0.340 e. The molecule has 0 saturated carbocycles. The van der Waals surface area contributed by atoms with E-state index in [1.807, 2.05) is 30.3 Å². The number of nitro groups is 1. The van der Waals surface area contributed by atoms with Crippen molar-refractivity contribution >= 4 is 17.6 Å². The van der Waals surface area contributed by atoms with E-state index in [4.69, 9.17) is 0 Å². The lowest BCUT2D eigenvalue weighted by Crippen LogP contribution is -2.47. The summed E-state index contributed by atoms with van der Waals surface area (Å²) in [6, 6.07) is 10.2. The predicted octanol–water partition coefficient (Wildman–Crippen LogP) is 1.12. The number of nitrogens with zero attached hydrogens (tertiary/aromatic N) is 2. The van der Waals surface area contributed by atoms with Crippen LogP contribution in [0, 0.1) is 10.1 Å². The Balaban J connectivity index is 1.77. The number of amides is 3. The van der Waals surface area contributed by atoms with Gasteiger partial charge >= 0.3 is 6.03 Å². The smallest absolute Gasteiger partial charge is 0.333 e. The second-order valence-electron chi connectivity index (χ2n) is 5.02. The molecule has 0 saturated heterocycles. The number of benzene rings is 1. The van der Waals surface area contributed by atoms with Crippen molar-refractivity contribution in [3.8, 4) is 0 Å². The zero-order valence-corrected chi connectivity index (χ0v) is 13.0. The number of rotatable bonds is 5. The minimum atomic E-state index is -0.649. The molecule has 0 fully saturated rings. The summed E-state index contributed by atoms with van der Waals surface area (Å²) in [5.41, 5.74) is 5.34. The fourth-order valence-electron chi connectivity index (χ4n) is 2.06. The standard InChI is InChI=1S/C15H17N5O4/c1-19-10-12(20(23)24)9-13(19)14(21)17-18-15(22)16-8-7-11-5-3-2-4-6-11/h2-6,9-10H,7-8H2,1H3,(H,17,21)(H2,16,18,22). The monoisotopic (exact) mass is 331 g/mol. The summed E-state index contributed by atoms with van der Waals surface area (Å²) in [7, 11) is 1.50. The first-order valence-corrected chi connectivity index (χ1v) is 7.16. The van der Waals surface area contributed by atoms with Gasteiger partial charge in [0.25, 0.3) is 11.6 Å². The van der Waals surface area contributed by atoms with Crippen molar-refractivity contribution in [3.05, 3.63) is 64.0 Å². The molecule has 24 heavy (non-hydrogen) atoms. The van der Waals surface area contributed by atoms with Gasteiger partial charge in [0, 0.05) is 19.7 Å². The maximum absolute atomic E-state index is 11.9. The quantitative estimate of drug-likeness (QED) is 0.562. The molecule has 0 radical (unpaired) electrons. The van der Waals surface area contributed by atoms with Crippen LogP contribution in [0.4, 0.5) is 10.5 Å². The summed E-state index contributed by atoms with van der Waals surface area (Å²) in [5.74, 6) is -0.649. The molecule has 1 aromatic carbocycles. The third-order valence-corrected chi connectivity index (χ3v) is 3.27. The van der Waals surface area contributed by atoms with Gasteiger partial charge in [-0.3, -0.25) is 20.3 Å². The molecule has 0 atom stereocenters. The summed E-state index contributed by atoms with van der Waals surface area (Å²) >= 11 is 0. The van der Waals surface area contributed by atoms with Crippen LogP contribution in [0.15, 0.2) is 42.6 Å². The van der Waals surface area contributed by atoms with Gasteiger partial charge in [-0.1, -0.05) is 30.3 Å². The van der Waals surface area contributed by atoms with E-state index in [1.54, 1.807) is 0 Å². The molecule has 0 spiro atoms. The Morgan fingerprint density at radius 2 is 1.92 bits per heavy atom. The second-order valence-corrected chi connectivity index (χ2v) is 5.02. The van der Waals surface area contributed by atoms with Gasteiger partial charge in [-0.2, -0.15) is 0 Å². The summed E-state index contributed by atoms with van der Waals surface area (Å²) in [5, 5.41) is 13.3. The number of aromatic nitrogens is 1. The van der Waals surface area contributed by atoms with Crippen molar-refractivity contribution in [2.24, 2.45) is 7.05 Å². The number of hydrazine groups is 1. The molecule has 1 aromatic heterocycles. The van der Waals surface area contributed by atoms with Crippen molar-refractivity contribution in [1.82, 2.24) is 20.7 Å². The molecule has 0 bridgehead atoms. The van der Waals surface area contributed by atoms with Crippen LogP contribution in [0.1, 0.15) is 16.1 Å². The van der Waals surface area contributed by atoms with Crippen molar-refractivity contribution in [2.75, 3.05) is 6.54 Å². The average Bonchev–Trinajstić information content (AvgIpc) is 2.96. The van der Waals surface area contributed by atoms with Gasteiger partial charge in [0.1, 0.15) is 5.69 Å². The summed E-state index contributed by atoms with van der Waals surface area (Å²) in [4.78, 5) is 33.6.